The Morgan fingerprint density at radius 1 is 1.19 bits per heavy atom. The van der Waals surface area contributed by atoms with Crippen LogP contribution in [0.25, 0.3) is 11.4 Å². The van der Waals surface area contributed by atoms with E-state index < -0.39 is 0 Å². The van der Waals surface area contributed by atoms with Crippen LogP contribution in [0.3, 0.4) is 0 Å². The Balaban J connectivity index is 1.72. The van der Waals surface area contributed by atoms with Gasteiger partial charge in [-0.3, -0.25) is 0 Å². The lowest BCUT2D eigenvalue weighted by molar-refractivity contribution is 0.382. The Morgan fingerprint density at radius 3 is 2.62 bits per heavy atom. The molecule has 2 heterocycles. The third-order valence-corrected chi connectivity index (χ3v) is 4.76. The molecular formula is C18H23N5O2S. The van der Waals surface area contributed by atoms with Gasteiger partial charge in [0.25, 0.3) is 0 Å². The summed E-state index contributed by atoms with van der Waals surface area (Å²) in [5.74, 6) is 4.10. The Hall–Kier alpha value is -2.35. The molecule has 0 radical (unpaired) electrons. The second kappa shape index (κ2) is 8.35. The van der Waals surface area contributed by atoms with Crippen LogP contribution in [-0.4, -0.2) is 32.0 Å². The average molecular weight is 373 g/mol. The average Bonchev–Trinajstić information content (AvgIpc) is 3.25. The van der Waals surface area contributed by atoms with E-state index in [1.54, 1.807) is 18.9 Å². The number of aromatic nitrogens is 5. The van der Waals surface area contributed by atoms with Gasteiger partial charge in [0.15, 0.2) is 16.8 Å². The van der Waals surface area contributed by atoms with Gasteiger partial charge in [-0.15, -0.1) is 10.2 Å². The molecule has 138 valence electrons. The van der Waals surface area contributed by atoms with Gasteiger partial charge in [0.1, 0.15) is 5.75 Å². The number of rotatable bonds is 8. The van der Waals surface area contributed by atoms with Crippen molar-refractivity contribution in [1.82, 2.24) is 24.9 Å². The van der Waals surface area contributed by atoms with E-state index in [1.807, 2.05) is 24.3 Å². The first-order valence-electron chi connectivity index (χ1n) is 8.62. The fourth-order valence-electron chi connectivity index (χ4n) is 2.56. The zero-order valence-corrected chi connectivity index (χ0v) is 16.3. The molecule has 26 heavy (non-hydrogen) atoms. The Bertz CT molecular complexity index is 842. The lowest BCUT2D eigenvalue weighted by atomic mass is 10.1. The van der Waals surface area contributed by atoms with Crippen LogP contribution in [0.15, 0.2) is 33.9 Å². The van der Waals surface area contributed by atoms with Crippen LogP contribution < -0.4 is 4.74 Å². The SMILES string of the molecule is CCn1c(SCc2nc(CC(C)C)no2)nnc1-c1ccc(OC)cc1. The number of thioether (sulfide) groups is 1. The van der Waals surface area contributed by atoms with Gasteiger partial charge >= 0.3 is 0 Å². The van der Waals surface area contributed by atoms with E-state index in [1.165, 1.54) is 0 Å². The number of hydrogen-bond acceptors (Lipinski definition) is 7. The van der Waals surface area contributed by atoms with E-state index in [0.717, 1.165) is 41.1 Å². The van der Waals surface area contributed by atoms with Crippen LogP contribution in [-0.2, 0) is 18.7 Å². The van der Waals surface area contributed by atoms with Crippen LogP contribution in [0.5, 0.6) is 5.75 Å². The minimum Gasteiger partial charge on any atom is -0.497 e. The van der Waals surface area contributed by atoms with E-state index in [9.17, 15) is 0 Å². The number of benzene rings is 1. The van der Waals surface area contributed by atoms with Crippen LogP contribution >= 0.6 is 11.8 Å². The largest absolute Gasteiger partial charge is 0.497 e. The van der Waals surface area contributed by atoms with Gasteiger partial charge in [-0.1, -0.05) is 30.8 Å². The molecule has 3 aromatic rings. The van der Waals surface area contributed by atoms with Crippen molar-refractivity contribution in [2.24, 2.45) is 5.92 Å². The molecule has 0 fully saturated rings. The minimum atomic E-state index is 0.503. The molecule has 0 unspecified atom stereocenters. The molecule has 0 saturated carbocycles. The van der Waals surface area contributed by atoms with Crippen LogP contribution in [0, 0.1) is 5.92 Å². The maximum absolute atomic E-state index is 5.32. The number of methoxy groups -OCH3 is 1. The quantitative estimate of drug-likeness (QED) is 0.555. The molecule has 0 aliphatic rings. The summed E-state index contributed by atoms with van der Waals surface area (Å²) in [4.78, 5) is 4.44. The maximum Gasteiger partial charge on any atom is 0.237 e. The molecule has 7 nitrogen and oxygen atoms in total. The second-order valence-corrected chi connectivity index (χ2v) is 7.21. The monoisotopic (exact) mass is 373 g/mol. The van der Waals surface area contributed by atoms with Crippen molar-refractivity contribution < 1.29 is 9.26 Å². The highest BCUT2D eigenvalue weighted by Gasteiger charge is 2.15. The second-order valence-electron chi connectivity index (χ2n) is 6.27. The zero-order valence-electron chi connectivity index (χ0n) is 15.5. The van der Waals surface area contributed by atoms with Gasteiger partial charge in [-0.05, 0) is 37.1 Å². The van der Waals surface area contributed by atoms with Crippen molar-refractivity contribution in [1.29, 1.82) is 0 Å². The third-order valence-electron chi connectivity index (χ3n) is 3.81. The molecule has 0 N–H and O–H groups in total. The molecule has 1 aromatic carbocycles. The van der Waals surface area contributed by atoms with Crippen LogP contribution in [0.4, 0.5) is 0 Å². The molecule has 0 spiro atoms. The molecule has 0 saturated heterocycles. The molecule has 2 aromatic heterocycles. The fraction of sp³-hybridized carbons (Fsp3) is 0.444. The molecule has 3 rings (SSSR count). The molecule has 0 bridgehead atoms. The van der Waals surface area contributed by atoms with Gasteiger partial charge in [-0.25, -0.2) is 0 Å². The van der Waals surface area contributed by atoms with Crippen LogP contribution in [0.2, 0.25) is 0 Å². The van der Waals surface area contributed by atoms with E-state index >= 15 is 0 Å². The Labute approximate surface area is 157 Å². The van der Waals surface area contributed by atoms with Crippen molar-refractivity contribution >= 4 is 11.8 Å². The third kappa shape index (κ3) is 4.24. The summed E-state index contributed by atoms with van der Waals surface area (Å²) in [5.41, 5.74) is 1.00. The zero-order chi connectivity index (χ0) is 18.5. The first-order chi connectivity index (χ1) is 12.6. The maximum atomic E-state index is 5.32. The van der Waals surface area contributed by atoms with Gasteiger partial charge in [0, 0.05) is 18.5 Å². The van der Waals surface area contributed by atoms with Gasteiger partial charge in [-0.2, -0.15) is 4.98 Å². The molecule has 0 amide bonds. The van der Waals surface area contributed by atoms with Gasteiger partial charge < -0.3 is 13.8 Å². The van der Waals surface area contributed by atoms with Crippen molar-refractivity contribution in [2.45, 2.75) is 44.6 Å². The van der Waals surface area contributed by atoms with E-state index in [4.69, 9.17) is 9.26 Å². The van der Waals surface area contributed by atoms with E-state index in [-0.39, 0.29) is 0 Å². The lowest BCUT2D eigenvalue weighted by Gasteiger charge is -2.07. The normalized spacial score (nSPS) is 11.3. The van der Waals surface area contributed by atoms with Crippen molar-refractivity contribution in [2.75, 3.05) is 7.11 Å². The highest BCUT2D eigenvalue weighted by molar-refractivity contribution is 7.98. The lowest BCUT2D eigenvalue weighted by Crippen LogP contribution is -2.00. The van der Waals surface area contributed by atoms with Crippen molar-refractivity contribution in [3.05, 3.63) is 36.0 Å². The highest BCUT2D eigenvalue weighted by atomic mass is 32.2. The summed E-state index contributed by atoms with van der Waals surface area (Å²) in [6.45, 7) is 7.12. The first-order valence-corrected chi connectivity index (χ1v) is 9.61. The fourth-order valence-corrected chi connectivity index (χ4v) is 3.40. The Kier molecular flexibility index (Phi) is 5.92. The number of ether oxygens (including phenoxy) is 1. The van der Waals surface area contributed by atoms with Gasteiger partial charge in [0.2, 0.25) is 5.89 Å². The summed E-state index contributed by atoms with van der Waals surface area (Å²) in [6, 6.07) is 7.82. The van der Waals surface area contributed by atoms with Crippen LogP contribution in [0.1, 0.15) is 32.5 Å². The smallest absolute Gasteiger partial charge is 0.237 e. The molecule has 0 aliphatic heterocycles. The number of hydrogen-bond donors (Lipinski definition) is 0. The predicted molar refractivity (Wildman–Crippen MR) is 100 cm³/mol. The van der Waals surface area contributed by atoms with Gasteiger partial charge in [0.05, 0.1) is 12.9 Å². The van der Waals surface area contributed by atoms with Crippen molar-refractivity contribution in [3.8, 4) is 17.1 Å². The highest BCUT2D eigenvalue weighted by Crippen LogP contribution is 2.27. The molecular weight excluding hydrogens is 350 g/mol. The first kappa shape index (κ1) is 18.4. The summed E-state index contributed by atoms with van der Waals surface area (Å²) in [5, 5.41) is 13.5. The van der Waals surface area contributed by atoms with E-state index in [0.29, 0.717) is 17.6 Å². The number of nitrogens with zero attached hydrogens (tertiary/aromatic N) is 5. The summed E-state index contributed by atoms with van der Waals surface area (Å²) >= 11 is 1.55. The molecule has 8 heteroatoms. The predicted octanol–water partition coefficient (Wildman–Crippen LogP) is 3.85. The molecule has 0 atom stereocenters. The van der Waals surface area contributed by atoms with Crippen molar-refractivity contribution in [3.63, 3.8) is 0 Å². The summed E-state index contributed by atoms with van der Waals surface area (Å²) < 4.78 is 12.6. The summed E-state index contributed by atoms with van der Waals surface area (Å²) in [6.07, 6.45) is 0.820. The topological polar surface area (TPSA) is 78.9 Å². The minimum absolute atomic E-state index is 0.503. The standard InChI is InChI=1S/C18H23N5O2S/c1-5-23-17(13-6-8-14(24-4)9-7-13)20-21-18(23)26-11-16-19-15(22-25-16)10-12(2)3/h6-9,12H,5,10-11H2,1-4H3. The van der Waals surface area contributed by atoms with E-state index in [2.05, 4.69) is 45.7 Å². The molecule has 0 aliphatic carbocycles. The Morgan fingerprint density at radius 2 is 1.96 bits per heavy atom. The summed E-state index contributed by atoms with van der Waals surface area (Å²) in [7, 11) is 1.66.